The van der Waals surface area contributed by atoms with Crippen molar-refractivity contribution < 1.29 is 0 Å². The van der Waals surface area contributed by atoms with Crippen LogP contribution in [-0.4, -0.2) is 4.98 Å². The van der Waals surface area contributed by atoms with Gasteiger partial charge in [0.25, 0.3) is 0 Å². The summed E-state index contributed by atoms with van der Waals surface area (Å²) in [7, 11) is 0. The van der Waals surface area contributed by atoms with Gasteiger partial charge in [-0.15, -0.1) is 11.3 Å². The van der Waals surface area contributed by atoms with Crippen molar-refractivity contribution in [3.8, 4) is 22.3 Å². The Kier molecular flexibility index (Phi) is 3.91. The Balaban J connectivity index is 1.48. The number of aromatic amines is 1. The molecule has 7 rings (SSSR count). The number of fused-ring (bicyclic) bond motifs is 6. The van der Waals surface area contributed by atoms with Gasteiger partial charge in [-0.05, 0) is 58.9 Å². The first-order chi connectivity index (χ1) is 15.9. The lowest BCUT2D eigenvalue weighted by atomic mass is 9.97. The Morgan fingerprint density at radius 3 is 2.19 bits per heavy atom. The van der Waals surface area contributed by atoms with Crippen LogP contribution in [0.15, 0.2) is 91.0 Å². The Bertz CT molecular complexity index is 1660. The second-order valence-corrected chi connectivity index (χ2v) is 9.57. The molecule has 6 aromatic rings. The number of thiophene rings is 1. The molecule has 0 atom stereocenters. The van der Waals surface area contributed by atoms with Crippen LogP contribution in [0.1, 0.15) is 17.7 Å². The van der Waals surface area contributed by atoms with Gasteiger partial charge < -0.3 is 4.98 Å². The van der Waals surface area contributed by atoms with Crippen LogP contribution in [0.3, 0.4) is 0 Å². The molecule has 0 spiro atoms. The van der Waals surface area contributed by atoms with Crippen LogP contribution < -0.4 is 0 Å². The van der Waals surface area contributed by atoms with Crippen molar-refractivity contribution in [2.45, 2.75) is 12.8 Å². The van der Waals surface area contributed by atoms with Crippen molar-refractivity contribution in [3.05, 3.63) is 102 Å². The summed E-state index contributed by atoms with van der Waals surface area (Å²) in [5.41, 5.74) is 9.19. The summed E-state index contributed by atoms with van der Waals surface area (Å²) in [6, 6.07) is 31.1. The van der Waals surface area contributed by atoms with E-state index in [0.717, 1.165) is 12.8 Å². The van der Waals surface area contributed by atoms with Crippen LogP contribution in [0.2, 0.25) is 0 Å². The first kappa shape index (κ1) is 18.0. The Morgan fingerprint density at radius 2 is 1.41 bits per heavy atom. The lowest BCUT2D eigenvalue weighted by molar-refractivity contribution is 0.992. The van der Waals surface area contributed by atoms with Crippen molar-refractivity contribution in [3.63, 3.8) is 0 Å². The molecule has 1 aliphatic rings. The maximum atomic E-state index is 3.59. The van der Waals surface area contributed by atoms with Crippen LogP contribution in [0.4, 0.5) is 0 Å². The lowest BCUT2D eigenvalue weighted by Crippen LogP contribution is -1.90. The van der Waals surface area contributed by atoms with Crippen molar-refractivity contribution in [1.82, 2.24) is 4.98 Å². The van der Waals surface area contributed by atoms with Crippen molar-refractivity contribution in [2.75, 3.05) is 0 Å². The third kappa shape index (κ3) is 2.63. The molecule has 0 bridgehead atoms. The van der Waals surface area contributed by atoms with E-state index in [1.54, 1.807) is 0 Å². The van der Waals surface area contributed by atoms with Gasteiger partial charge in [0.2, 0.25) is 0 Å². The average Bonchev–Trinajstić information content (AvgIpc) is 3.42. The Hall–Kier alpha value is -3.62. The highest BCUT2D eigenvalue weighted by atomic mass is 32.1. The topological polar surface area (TPSA) is 15.8 Å². The smallest absolute Gasteiger partial charge is 0.0461 e. The number of aromatic nitrogens is 1. The third-order valence-corrected chi connectivity index (χ3v) is 7.99. The highest BCUT2D eigenvalue weighted by Crippen LogP contribution is 2.44. The summed E-state index contributed by atoms with van der Waals surface area (Å²) in [5.74, 6) is 0. The fourth-order valence-corrected chi connectivity index (χ4v) is 6.54. The van der Waals surface area contributed by atoms with Gasteiger partial charge in [-0.3, -0.25) is 0 Å². The zero-order chi connectivity index (χ0) is 21.1. The summed E-state index contributed by atoms with van der Waals surface area (Å²) in [5, 5.41) is 4.06. The largest absolute Gasteiger partial charge is 0.355 e. The van der Waals surface area contributed by atoms with Crippen molar-refractivity contribution >= 4 is 48.5 Å². The number of rotatable bonds is 2. The van der Waals surface area contributed by atoms with Crippen LogP contribution in [0.5, 0.6) is 0 Å². The molecule has 2 heterocycles. The molecule has 0 radical (unpaired) electrons. The van der Waals surface area contributed by atoms with E-state index in [1.807, 2.05) is 11.3 Å². The lowest BCUT2D eigenvalue weighted by Gasteiger charge is -2.07. The van der Waals surface area contributed by atoms with Crippen LogP contribution >= 0.6 is 11.3 Å². The predicted octanol–water partition coefficient (Wildman–Crippen LogP) is 8.83. The monoisotopic (exact) mass is 427 g/mol. The van der Waals surface area contributed by atoms with E-state index in [2.05, 4.69) is 102 Å². The SMILES string of the molecule is C1=Cc2[nH]c3ccc(-c4cccc5c4sc4c(-c6ccccc6)cccc45)cc3c2CC1. The summed E-state index contributed by atoms with van der Waals surface area (Å²) >= 11 is 1.92. The van der Waals surface area contributed by atoms with E-state index in [9.17, 15) is 0 Å². The molecule has 0 fully saturated rings. The molecule has 2 aromatic heterocycles. The van der Waals surface area contributed by atoms with Crippen molar-refractivity contribution in [2.24, 2.45) is 0 Å². The zero-order valence-corrected chi connectivity index (χ0v) is 18.4. The molecule has 1 nitrogen and oxygen atoms in total. The zero-order valence-electron chi connectivity index (χ0n) is 17.6. The highest BCUT2D eigenvalue weighted by Gasteiger charge is 2.16. The molecule has 0 saturated heterocycles. The van der Waals surface area contributed by atoms with E-state index in [-0.39, 0.29) is 0 Å². The predicted molar refractivity (Wildman–Crippen MR) is 139 cm³/mol. The summed E-state index contributed by atoms with van der Waals surface area (Å²) in [4.78, 5) is 3.59. The minimum Gasteiger partial charge on any atom is -0.355 e. The standard InChI is InChI=1S/C30H21NS/c1-2-8-19(9-3-1)21-11-6-13-24-25-14-7-12-22(30(25)32-29(21)24)20-16-17-28-26(18-20)23-10-4-5-15-27(23)31-28/h1-3,5-9,11-18,31H,4,10H2. The average molecular weight is 428 g/mol. The van der Waals surface area contributed by atoms with Gasteiger partial charge in [-0.1, -0.05) is 78.9 Å². The van der Waals surface area contributed by atoms with Crippen LogP contribution in [-0.2, 0) is 6.42 Å². The Morgan fingerprint density at radius 1 is 0.656 bits per heavy atom. The second kappa shape index (κ2) is 6.94. The van der Waals surface area contributed by atoms with Crippen LogP contribution in [0.25, 0.3) is 59.4 Å². The Labute approximate surface area is 190 Å². The van der Waals surface area contributed by atoms with E-state index < -0.39 is 0 Å². The van der Waals surface area contributed by atoms with Gasteiger partial charge in [-0.2, -0.15) is 0 Å². The van der Waals surface area contributed by atoms with E-state index in [1.165, 1.54) is 64.6 Å². The number of benzene rings is 4. The maximum Gasteiger partial charge on any atom is 0.0461 e. The van der Waals surface area contributed by atoms with E-state index in [4.69, 9.17) is 0 Å². The van der Waals surface area contributed by atoms with Gasteiger partial charge in [0.15, 0.2) is 0 Å². The third-order valence-electron chi connectivity index (χ3n) is 6.70. The van der Waals surface area contributed by atoms with Crippen LogP contribution in [0, 0.1) is 0 Å². The highest BCUT2D eigenvalue weighted by molar-refractivity contribution is 7.26. The molecule has 32 heavy (non-hydrogen) atoms. The molecule has 4 aromatic carbocycles. The summed E-state index contributed by atoms with van der Waals surface area (Å²) < 4.78 is 2.74. The quantitative estimate of drug-likeness (QED) is 0.284. The molecule has 0 unspecified atom stereocenters. The first-order valence-corrected chi connectivity index (χ1v) is 12.0. The van der Waals surface area contributed by atoms with Gasteiger partial charge in [-0.25, -0.2) is 0 Å². The minimum absolute atomic E-state index is 1.11. The normalized spacial score (nSPS) is 13.2. The van der Waals surface area contributed by atoms with E-state index >= 15 is 0 Å². The molecule has 2 heteroatoms. The number of H-pyrrole nitrogens is 1. The number of aryl methyl sites for hydroxylation is 1. The van der Waals surface area contributed by atoms with Gasteiger partial charge >= 0.3 is 0 Å². The first-order valence-electron chi connectivity index (χ1n) is 11.2. The molecule has 0 aliphatic heterocycles. The number of hydrogen-bond donors (Lipinski definition) is 1. The molecule has 0 amide bonds. The molecule has 1 N–H and O–H groups in total. The second-order valence-electron chi connectivity index (χ2n) is 8.55. The summed E-state index contributed by atoms with van der Waals surface area (Å²) in [6.45, 7) is 0. The maximum absolute atomic E-state index is 3.59. The fraction of sp³-hybridized carbons (Fsp3) is 0.0667. The minimum atomic E-state index is 1.11. The van der Waals surface area contributed by atoms with Gasteiger partial charge in [0.05, 0.1) is 0 Å². The molecule has 0 saturated carbocycles. The number of allylic oxidation sites excluding steroid dienone is 1. The molecule has 152 valence electrons. The van der Waals surface area contributed by atoms with Gasteiger partial charge in [0, 0.05) is 36.8 Å². The van der Waals surface area contributed by atoms with Gasteiger partial charge in [0.1, 0.15) is 0 Å². The summed E-state index contributed by atoms with van der Waals surface area (Å²) in [6.07, 6.45) is 6.73. The number of nitrogens with one attached hydrogen (secondary N) is 1. The number of hydrogen-bond acceptors (Lipinski definition) is 1. The molecular weight excluding hydrogens is 406 g/mol. The fourth-order valence-electron chi connectivity index (χ4n) is 5.17. The molecular formula is C30H21NS. The molecule has 1 aliphatic carbocycles. The van der Waals surface area contributed by atoms with Crippen molar-refractivity contribution in [1.29, 1.82) is 0 Å². The van der Waals surface area contributed by atoms with E-state index in [0.29, 0.717) is 0 Å².